The van der Waals surface area contributed by atoms with Gasteiger partial charge in [-0.05, 0) is 24.8 Å². The third-order valence-electron chi connectivity index (χ3n) is 4.42. The largest absolute Gasteiger partial charge is 0.348 e. The van der Waals surface area contributed by atoms with E-state index in [9.17, 15) is 4.79 Å². The molecule has 5 nitrogen and oxygen atoms in total. The molecule has 1 aliphatic heterocycles. The average molecular weight is 312 g/mol. The maximum Gasteiger partial charge on any atom is 0.271 e. The molecule has 1 aliphatic rings. The highest BCUT2D eigenvalue weighted by Crippen LogP contribution is 2.12. The first-order valence-corrected chi connectivity index (χ1v) is 8.26. The molecule has 0 spiro atoms. The van der Waals surface area contributed by atoms with Crippen LogP contribution in [0.5, 0.6) is 0 Å². The molecule has 5 heteroatoms. The Morgan fingerprint density at radius 3 is 2.65 bits per heavy atom. The quantitative estimate of drug-likeness (QED) is 0.917. The van der Waals surface area contributed by atoms with E-state index in [2.05, 4.69) is 45.5 Å². The Balaban J connectivity index is 1.41. The lowest BCUT2D eigenvalue weighted by atomic mass is 10.0. The number of benzene rings is 1. The molecular formula is C18H24N4O. The van der Waals surface area contributed by atoms with Gasteiger partial charge >= 0.3 is 0 Å². The van der Waals surface area contributed by atoms with Crippen LogP contribution >= 0.6 is 0 Å². The molecule has 0 atom stereocenters. The fraction of sp³-hybridized carbons (Fsp3) is 0.444. The highest BCUT2D eigenvalue weighted by molar-refractivity contribution is 5.92. The van der Waals surface area contributed by atoms with Gasteiger partial charge in [0.2, 0.25) is 0 Å². The van der Waals surface area contributed by atoms with Gasteiger partial charge in [0, 0.05) is 38.9 Å². The number of rotatable bonds is 5. The van der Waals surface area contributed by atoms with Crippen molar-refractivity contribution >= 4 is 5.91 Å². The van der Waals surface area contributed by atoms with Gasteiger partial charge in [0.1, 0.15) is 5.69 Å². The Bertz CT molecular complexity index is 629. The van der Waals surface area contributed by atoms with Crippen LogP contribution in [0.15, 0.2) is 42.9 Å². The van der Waals surface area contributed by atoms with Crippen LogP contribution in [0.25, 0.3) is 0 Å². The van der Waals surface area contributed by atoms with Gasteiger partial charge in [-0.15, -0.1) is 0 Å². The van der Waals surface area contributed by atoms with Gasteiger partial charge in [-0.1, -0.05) is 30.3 Å². The van der Waals surface area contributed by atoms with E-state index >= 15 is 0 Å². The van der Waals surface area contributed by atoms with Crippen LogP contribution in [0.4, 0.5) is 0 Å². The van der Waals surface area contributed by atoms with Crippen molar-refractivity contribution in [2.24, 2.45) is 7.05 Å². The van der Waals surface area contributed by atoms with Crippen molar-refractivity contribution in [2.45, 2.75) is 25.3 Å². The molecule has 0 unspecified atom stereocenters. The average Bonchev–Trinajstić information content (AvgIpc) is 3.02. The lowest BCUT2D eigenvalue weighted by Gasteiger charge is -2.32. The minimum Gasteiger partial charge on any atom is -0.348 e. The summed E-state index contributed by atoms with van der Waals surface area (Å²) in [5, 5.41) is 3.10. The van der Waals surface area contributed by atoms with Crippen molar-refractivity contribution in [2.75, 3.05) is 19.6 Å². The molecular weight excluding hydrogens is 288 g/mol. The lowest BCUT2D eigenvalue weighted by Crippen LogP contribution is -2.45. The van der Waals surface area contributed by atoms with Gasteiger partial charge in [-0.25, -0.2) is 4.98 Å². The predicted molar refractivity (Wildman–Crippen MR) is 90.3 cm³/mol. The summed E-state index contributed by atoms with van der Waals surface area (Å²) in [6.45, 7) is 3.17. The Morgan fingerprint density at radius 1 is 1.26 bits per heavy atom. The van der Waals surface area contributed by atoms with Crippen molar-refractivity contribution in [1.82, 2.24) is 19.8 Å². The standard InChI is InChI=1S/C18H24N4O/c1-21-13-17(19-14-21)18(23)20-16-8-11-22(12-9-16)10-7-15-5-3-2-4-6-15/h2-6,13-14,16H,7-12H2,1H3,(H,20,23). The summed E-state index contributed by atoms with van der Waals surface area (Å²) in [5.74, 6) is -0.0617. The second-order valence-electron chi connectivity index (χ2n) is 6.25. The molecule has 1 N–H and O–H groups in total. The number of amides is 1. The van der Waals surface area contributed by atoms with Crippen molar-refractivity contribution in [3.05, 3.63) is 54.1 Å². The molecule has 2 heterocycles. The number of nitrogens with zero attached hydrogens (tertiary/aromatic N) is 3. The molecule has 3 rings (SSSR count). The molecule has 23 heavy (non-hydrogen) atoms. The zero-order valence-corrected chi connectivity index (χ0v) is 13.6. The van der Waals surface area contributed by atoms with E-state index in [-0.39, 0.29) is 11.9 Å². The van der Waals surface area contributed by atoms with Crippen LogP contribution in [0.2, 0.25) is 0 Å². The minimum absolute atomic E-state index is 0.0617. The second kappa shape index (κ2) is 7.42. The van der Waals surface area contributed by atoms with E-state index in [1.54, 1.807) is 17.1 Å². The van der Waals surface area contributed by atoms with Crippen LogP contribution in [0, 0.1) is 0 Å². The van der Waals surface area contributed by atoms with Gasteiger partial charge in [0.15, 0.2) is 0 Å². The van der Waals surface area contributed by atoms with E-state index in [1.165, 1.54) is 5.56 Å². The van der Waals surface area contributed by atoms with Crippen LogP contribution in [0.3, 0.4) is 0 Å². The number of carbonyl (C=O) groups excluding carboxylic acids is 1. The van der Waals surface area contributed by atoms with Crippen molar-refractivity contribution in [3.63, 3.8) is 0 Å². The first-order chi connectivity index (χ1) is 11.2. The summed E-state index contributed by atoms with van der Waals surface area (Å²) in [4.78, 5) is 18.7. The SMILES string of the molecule is Cn1cnc(C(=O)NC2CCN(CCc3ccccc3)CC2)c1. The maximum atomic E-state index is 12.1. The highest BCUT2D eigenvalue weighted by Gasteiger charge is 2.21. The number of piperidine rings is 1. The normalized spacial score (nSPS) is 16.4. The molecule has 0 radical (unpaired) electrons. The van der Waals surface area contributed by atoms with Crippen molar-refractivity contribution < 1.29 is 4.79 Å². The molecule has 1 saturated heterocycles. The van der Waals surface area contributed by atoms with Crippen LogP contribution in [-0.4, -0.2) is 46.0 Å². The fourth-order valence-corrected chi connectivity index (χ4v) is 3.02. The highest BCUT2D eigenvalue weighted by atomic mass is 16.2. The maximum absolute atomic E-state index is 12.1. The van der Waals surface area contributed by atoms with Crippen LogP contribution in [0.1, 0.15) is 28.9 Å². The zero-order valence-electron chi connectivity index (χ0n) is 13.6. The molecule has 0 bridgehead atoms. The molecule has 1 aromatic heterocycles. The summed E-state index contributed by atoms with van der Waals surface area (Å²) < 4.78 is 1.79. The number of likely N-dealkylation sites (tertiary alicyclic amines) is 1. The molecule has 1 amide bonds. The number of aromatic nitrogens is 2. The van der Waals surface area contributed by atoms with Gasteiger partial charge in [0.25, 0.3) is 5.91 Å². The molecule has 1 aromatic carbocycles. The summed E-state index contributed by atoms with van der Waals surface area (Å²) in [7, 11) is 1.87. The molecule has 1 fully saturated rings. The van der Waals surface area contributed by atoms with Crippen molar-refractivity contribution in [1.29, 1.82) is 0 Å². The van der Waals surface area contributed by atoms with Gasteiger partial charge in [-0.2, -0.15) is 0 Å². The first kappa shape index (κ1) is 15.7. The monoisotopic (exact) mass is 312 g/mol. The number of imidazole rings is 1. The first-order valence-electron chi connectivity index (χ1n) is 8.26. The van der Waals surface area contributed by atoms with E-state index in [4.69, 9.17) is 0 Å². The van der Waals surface area contributed by atoms with Crippen molar-refractivity contribution in [3.8, 4) is 0 Å². The smallest absolute Gasteiger partial charge is 0.271 e. The van der Waals surface area contributed by atoms with Gasteiger partial charge in [0.05, 0.1) is 6.33 Å². The Morgan fingerprint density at radius 2 is 2.00 bits per heavy atom. The van der Waals surface area contributed by atoms with E-state index in [1.807, 2.05) is 7.05 Å². The third-order valence-corrected chi connectivity index (χ3v) is 4.42. The summed E-state index contributed by atoms with van der Waals surface area (Å²) in [6, 6.07) is 10.9. The Kier molecular flexibility index (Phi) is 5.08. The molecule has 122 valence electrons. The van der Waals surface area contributed by atoms with E-state index in [0.29, 0.717) is 5.69 Å². The van der Waals surface area contributed by atoms with Crippen LogP contribution < -0.4 is 5.32 Å². The number of aryl methyl sites for hydroxylation is 1. The predicted octanol–water partition coefficient (Wildman–Crippen LogP) is 1.86. The van der Waals surface area contributed by atoms with Gasteiger partial charge < -0.3 is 14.8 Å². The molecule has 2 aromatic rings. The van der Waals surface area contributed by atoms with E-state index in [0.717, 1.165) is 38.9 Å². The zero-order chi connectivity index (χ0) is 16.1. The topological polar surface area (TPSA) is 50.2 Å². The summed E-state index contributed by atoms with van der Waals surface area (Å²) in [5.41, 5.74) is 1.89. The molecule has 0 aliphatic carbocycles. The second-order valence-corrected chi connectivity index (χ2v) is 6.25. The summed E-state index contributed by atoms with van der Waals surface area (Å²) in [6.07, 6.45) is 6.51. The number of carbonyl (C=O) groups is 1. The Labute approximate surface area is 137 Å². The Hall–Kier alpha value is -2.14. The third kappa shape index (κ3) is 4.42. The van der Waals surface area contributed by atoms with E-state index < -0.39 is 0 Å². The molecule has 0 saturated carbocycles. The van der Waals surface area contributed by atoms with Gasteiger partial charge in [-0.3, -0.25) is 4.79 Å². The summed E-state index contributed by atoms with van der Waals surface area (Å²) >= 11 is 0. The minimum atomic E-state index is -0.0617. The number of nitrogens with one attached hydrogen (secondary N) is 1. The lowest BCUT2D eigenvalue weighted by molar-refractivity contribution is 0.0907. The van der Waals surface area contributed by atoms with Crippen LogP contribution in [-0.2, 0) is 13.5 Å². The number of hydrogen-bond donors (Lipinski definition) is 1. The number of hydrogen-bond acceptors (Lipinski definition) is 3. The fourth-order valence-electron chi connectivity index (χ4n) is 3.02.